The second kappa shape index (κ2) is 8.36. The maximum absolute atomic E-state index is 12.9. The fourth-order valence-electron chi connectivity index (χ4n) is 3.01. The molecule has 0 aliphatic carbocycles. The van der Waals surface area contributed by atoms with Crippen molar-refractivity contribution in [1.29, 1.82) is 5.26 Å². The standard InChI is InChI=1S/C21H12ClF3N4O3/c22-16-8-13(5-4-12-2-1-3-15(7-12)21(23,24)25)6-14(9-16)19-17(10-26)27-29(28-19)18-11-31-20(30)32-18/h1-9,18H,11H2/b5-4+. The van der Waals surface area contributed by atoms with Gasteiger partial charge in [-0.25, -0.2) is 4.79 Å². The predicted octanol–water partition coefficient (Wildman–Crippen LogP) is 5.32. The van der Waals surface area contributed by atoms with Crippen molar-refractivity contribution in [3.05, 3.63) is 69.9 Å². The molecule has 7 nitrogen and oxygen atoms in total. The lowest BCUT2D eigenvalue weighted by Crippen LogP contribution is -2.14. The highest BCUT2D eigenvalue weighted by molar-refractivity contribution is 6.31. The summed E-state index contributed by atoms with van der Waals surface area (Å²) < 4.78 is 48.4. The zero-order chi connectivity index (χ0) is 22.9. The van der Waals surface area contributed by atoms with Crippen molar-refractivity contribution in [3.8, 4) is 17.3 Å². The molecule has 3 aromatic rings. The van der Waals surface area contributed by atoms with Gasteiger partial charge in [-0.05, 0) is 41.5 Å². The van der Waals surface area contributed by atoms with E-state index in [0.29, 0.717) is 21.7 Å². The van der Waals surface area contributed by atoms with Gasteiger partial charge in [0.15, 0.2) is 12.3 Å². The summed E-state index contributed by atoms with van der Waals surface area (Å²) in [6, 6.07) is 11.6. The molecule has 0 amide bonds. The first-order valence-corrected chi connectivity index (χ1v) is 9.47. The molecule has 11 heteroatoms. The molecule has 1 fully saturated rings. The number of carbonyl (C=O) groups excluding carboxylic acids is 1. The molecule has 32 heavy (non-hydrogen) atoms. The largest absolute Gasteiger partial charge is 0.510 e. The van der Waals surface area contributed by atoms with Crippen molar-refractivity contribution in [2.45, 2.75) is 12.4 Å². The van der Waals surface area contributed by atoms with Gasteiger partial charge in [-0.2, -0.15) is 18.4 Å². The van der Waals surface area contributed by atoms with Crippen molar-refractivity contribution in [2.24, 2.45) is 0 Å². The Morgan fingerprint density at radius 3 is 2.62 bits per heavy atom. The zero-order valence-corrected chi connectivity index (χ0v) is 16.8. The Bertz CT molecular complexity index is 1260. The number of alkyl halides is 3. The number of halogens is 4. The summed E-state index contributed by atoms with van der Waals surface area (Å²) in [5.74, 6) is 0. The third kappa shape index (κ3) is 4.58. The summed E-state index contributed by atoms with van der Waals surface area (Å²) in [6.45, 7) is -0.0989. The fourth-order valence-corrected chi connectivity index (χ4v) is 3.25. The van der Waals surface area contributed by atoms with Crippen molar-refractivity contribution < 1.29 is 27.4 Å². The first-order chi connectivity index (χ1) is 15.2. The lowest BCUT2D eigenvalue weighted by atomic mass is 10.0. The maximum atomic E-state index is 12.9. The molecule has 0 bridgehead atoms. The number of hydrogen-bond donors (Lipinski definition) is 0. The van der Waals surface area contributed by atoms with Gasteiger partial charge in [0, 0.05) is 10.6 Å². The first kappa shape index (κ1) is 21.4. The highest BCUT2D eigenvalue weighted by Gasteiger charge is 2.31. The van der Waals surface area contributed by atoms with Crippen LogP contribution in [0.5, 0.6) is 0 Å². The molecule has 2 aromatic carbocycles. The number of nitriles is 1. The highest BCUT2D eigenvalue weighted by atomic mass is 35.5. The summed E-state index contributed by atoms with van der Waals surface area (Å²) in [5, 5.41) is 18.0. The summed E-state index contributed by atoms with van der Waals surface area (Å²) in [7, 11) is 0. The van der Waals surface area contributed by atoms with E-state index in [4.69, 9.17) is 21.1 Å². The molecular weight excluding hydrogens is 449 g/mol. The number of nitrogens with zero attached hydrogens (tertiary/aromatic N) is 4. The molecular formula is C21H12ClF3N4O3. The third-order valence-corrected chi connectivity index (χ3v) is 4.66. The van der Waals surface area contributed by atoms with E-state index in [9.17, 15) is 23.2 Å². The average Bonchev–Trinajstić information content (AvgIpc) is 3.37. The molecule has 1 unspecified atom stereocenters. The van der Waals surface area contributed by atoms with Crippen LogP contribution < -0.4 is 0 Å². The molecule has 0 spiro atoms. The van der Waals surface area contributed by atoms with E-state index in [-0.39, 0.29) is 18.0 Å². The Labute approximate surface area is 184 Å². The number of ether oxygens (including phenoxy) is 2. The Morgan fingerprint density at radius 1 is 1.16 bits per heavy atom. The van der Waals surface area contributed by atoms with Gasteiger partial charge in [0.05, 0.1) is 5.56 Å². The number of carbonyl (C=O) groups is 1. The van der Waals surface area contributed by atoms with Crippen LogP contribution in [0.15, 0.2) is 42.5 Å². The van der Waals surface area contributed by atoms with Crippen molar-refractivity contribution >= 4 is 29.9 Å². The monoisotopic (exact) mass is 460 g/mol. The topological polar surface area (TPSA) is 90.0 Å². The van der Waals surface area contributed by atoms with Crippen LogP contribution in [0.4, 0.5) is 18.0 Å². The zero-order valence-electron chi connectivity index (χ0n) is 16.0. The predicted molar refractivity (Wildman–Crippen MR) is 107 cm³/mol. The van der Waals surface area contributed by atoms with Crippen molar-refractivity contribution in [3.63, 3.8) is 0 Å². The molecule has 1 aliphatic rings. The molecule has 0 radical (unpaired) electrons. The van der Waals surface area contributed by atoms with Crippen LogP contribution in [-0.2, 0) is 15.7 Å². The first-order valence-electron chi connectivity index (χ1n) is 9.09. The van der Waals surface area contributed by atoms with Gasteiger partial charge in [0.2, 0.25) is 6.23 Å². The van der Waals surface area contributed by atoms with Gasteiger partial charge in [0.1, 0.15) is 11.8 Å². The van der Waals surface area contributed by atoms with Crippen molar-refractivity contribution in [1.82, 2.24) is 15.0 Å². The molecule has 2 heterocycles. The SMILES string of the molecule is N#Cc1nn(C2COC(=O)O2)nc1-c1cc(Cl)cc(/C=C/c2cccc(C(F)(F)F)c2)c1. The number of hydrogen-bond acceptors (Lipinski definition) is 6. The smallest absolute Gasteiger partial charge is 0.428 e. The molecule has 4 rings (SSSR count). The number of aromatic nitrogens is 3. The Kier molecular flexibility index (Phi) is 5.59. The van der Waals surface area contributed by atoms with E-state index in [1.165, 1.54) is 12.1 Å². The Morgan fingerprint density at radius 2 is 1.94 bits per heavy atom. The van der Waals surface area contributed by atoms with E-state index >= 15 is 0 Å². The van der Waals surface area contributed by atoms with E-state index in [0.717, 1.165) is 16.9 Å². The van der Waals surface area contributed by atoms with Crippen LogP contribution in [0.3, 0.4) is 0 Å². The molecule has 1 aromatic heterocycles. The second-order valence-corrected chi connectivity index (χ2v) is 7.13. The van der Waals surface area contributed by atoms with Gasteiger partial charge in [-0.3, -0.25) is 0 Å². The summed E-state index contributed by atoms with van der Waals surface area (Å²) in [4.78, 5) is 12.2. The van der Waals surface area contributed by atoms with Crippen LogP contribution in [0.1, 0.15) is 28.6 Å². The number of cyclic esters (lactones) is 2. The lowest BCUT2D eigenvalue weighted by molar-refractivity contribution is -0.137. The van der Waals surface area contributed by atoms with Gasteiger partial charge in [0.25, 0.3) is 0 Å². The van der Waals surface area contributed by atoms with E-state index < -0.39 is 24.1 Å². The quantitative estimate of drug-likeness (QED) is 0.386. The average molecular weight is 461 g/mol. The maximum Gasteiger partial charge on any atom is 0.510 e. The molecule has 1 saturated heterocycles. The van der Waals surface area contributed by atoms with E-state index in [1.54, 1.807) is 30.3 Å². The van der Waals surface area contributed by atoms with Crippen LogP contribution in [-0.4, -0.2) is 27.8 Å². The van der Waals surface area contributed by atoms with Crippen LogP contribution in [0.2, 0.25) is 5.02 Å². The normalized spacial score (nSPS) is 16.1. The molecule has 1 atom stereocenters. The minimum Gasteiger partial charge on any atom is -0.428 e. The molecule has 162 valence electrons. The lowest BCUT2D eigenvalue weighted by Gasteiger charge is -2.07. The molecule has 1 aliphatic heterocycles. The van der Waals surface area contributed by atoms with Gasteiger partial charge < -0.3 is 9.47 Å². The van der Waals surface area contributed by atoms with E-state index in [2.05, 4.69) is 10.2 Å². The fraction of sp³-hybridized carbons (Fsp3) is 0.143. The minimum absolute atomic E-state index is 0.0250. The summed E-state index contributed by atoms with van der Waals surface area (Å²) in [6.07, 6.45) is -3.10. The minimum atomic E-state index is -4.44. The van der Waals surface area contributed by atoms with E-state index in [1.807, 2.05) is 6.07 Å². The number of rotatable bonds is 4. The van der Waals surface area contributed by atoms with Crippen LogP contribution >= 0.6 is 11.6 Å². The van der Waals surface area contributed by atoms with Crippen LogP contribution in [0.25, 0.3) is 23.4 Å². The second-order valence-electron chi connectivity index (χ2n) is 6.69. The van der Waals surface area contributed by atoms with Gasteiger partial charge >= 0.3 is 12.3 Å². The van der Waals surface area contributed by atoms with Crippen LogP contribution in [0, 0.1) is 11.3 Å². The van der Waals surface area contributed by atoms with Gasteiger partial charge in [-0.15, -0.1) is 15.0 Å². The van der Waals surface area contributed by atoms with Gasteiger partial charge in [-0.1, -0.05) is 35.9 Å². The molecule has 0 saturated carbocycles. The Hall–Kier alpha value is -3.84. The summed E-state index contributed by atoms with van der Waals surface area (Å²) >= 11 is 6.21. The van der Waals surface area contributed by atoms with Crippen molar-refractivity contribution in [2.75, 3.05) is 6.61 Å². The molecule has 0 N–H and O–H groups in total. The highest BCUT2D eigenvalue weighted by Crippen LogP contribution is 2.31. The summed E-state index contributed by atoms with van der Waals surface area (Å²) in [5.41, 5.74) is 0.800. The number of benzene rings is 2. The third-order valence-electron chi connectivity index (χ3n) is 4.44. The Balaban J connectivity index is 1.65.